The van der Waals surface area contributed by atoms with Crippen molar-refractivity contribution >= 4 is 5.97 Å². The quantitative estimate of drug-likeness (QED) is 0.803. The molecule has 0 radical (unpaired) electrons. The molecule has 0 fully saturated rings. The second kappa shape index (κ2) is 7.24. The second-order valence-corrected chi connectivity index (χ2v) is 5.19. The number of carbonyl (C=O) groups excluding carboxylic acids is 1. The van der Waals surface area contributed by atoms with Gasteiger partial charge in [-0.1, -0.05) is 27.7 Å². The van der Waals surface area contributed by atoms with Gasteiger partial charge in [-0.25, -0.2) is 4.79 Å². The molecule has 0 bridgehead atoms. The number of hydrogen-bond donors (Lipinski definition) is 1. The number of esters is 1. The van der Waals surface area contributed by atoms with Crippen LogP contribution in [-0.4, -0.2) is 28.3 Å². The van der Waals surface area contributed by atoms with Crippen molar-refractivity contribution in [2.45, 2.75) is 46.3 Å². The first-order chi connectivity index (χ1) is 8.97. The lowest BCUT2D eigenvalue weighted by molar-refractivity contribution is -0.0316. The summed E-state index contributed by atoms with van der Waals surface area (Å²) < 4.78 is 5.54. The van der Waals surface area contributed by atoms with Crippen molar-refractivity contribution in [3.05, 3.63) is 30.1 Å². The molecule has 0 amide bonds. The van der Waals surface area contributed by atoms with E-state index in [1.54, 1.807) is 18.3 Å². The average Bonchev–Trinajstić information content (AvgIpc) is 2.43. The lowest BCUT2D eigenvalue weighted by Gasteiger charge is -2.30. The van der Waals surface area contributed by atoms with Crippen LogP contribution in [0.5, 0.6) is 0 Å². The van der Waals surface area contributed by atoms with Gasteiger partial charge in [0.05, 0.1) is 11.7 Å². The van der Waals surface area contributed by atoms with E-state index in [0.29, 0.717) is 12.0 Å². The molecule has 1 aromatic heterocycles. The number of hydrogen-bond acceptors (Lipinski definition) is 4. The van der Waals surface area contributed by atoms with E-state index in [9.17, 15) is 9.90 Å². The minimum Gasteiger partial charge on any atom is -0.458 e. The van der Waals surface area contributed by atoms with Gasteiger partial charge in [-0.15, -0.1) is 0 Å². The maximum atomic E-state index is 12.0. The third kappa shape index (κ3) is 4.31. The van der Waals surface area contributed by atoms with Gasteiger partial charge in [-0.2, -0.15) is 0 Å². The standard InChI is InChI=1S/C15H23NO3/c1-5-13(17)11(4)14(10(2)3)19-15(18)12-7-6-8-16-9-12/h6-11,13-14,17H,5H2,1-4H3/t11-,13-,14-/m0/s1. The number of pyridine rings is 1. The van der Waals surface area contributed by atoms with Crippen molar-refractivity contribution in [1.82, 2.24) is 4.98 Å². The summed E-state index contributed by atoms with van der Waals surface area (Å²) in [7, 11) is 0. The Morgan fingerprint density at radius 1 is 1.42 bits per heavy atom. The number of aliphatic hydroxyl groups excluding tert-OH is 1. The van der Waals surface area contributed by atoms with Crippen molar-refractivity contribution in [3.8, 4) is 0 Å². The Labute approximate surface area is 114 Å². The van der Waals surface area contributed by atoms with Crippen LogP contribution in [0, 0.1) is 11.8 Å². The van der Waals surface area contributed by atoms with Crippen molar-refractivity contribution in [2.75, 3.05) is 0 Å². The fourth-order valence-electron chi connectivity index (χ4n) is 2.12. The smallest absolute Gasteiger partial charge is 0.339 e. The summed E-state index contributed by atoms with van der Waals surface area (Å²) >= 11 is 0. The zero-order valence-corrected chi connectivity index (χ0v) is 12.0. The first kappa shape index (κ1) is 15.6. The molecule has 0 aliphatic rings. The van der Waals surface area contributed by atoms with E-state index in [4.69, 9.17) is 4.74 Å². The van der Waals surface area contributed by atoms with Crippen LogP contribution in [-0.2, 0) is 4.74 Å². The fraction of sp³-hybridized carbons (Fsp3) is 0.600. The molecular formula is C15H23NO3. The van der Waals surface area contributed by atoms with E-state index in [1.165, 1.54) is 6.20 Å². The Morgan fingerprint density at radius 3 is 2.58 bits per heavy atom. The SMILES string of the molecule is CC[C@H](O)[C@H](C)[C@@H](OC(=O)c1cccnc1)C(C)C. The summed E-state index contributed by atoms with van der Waals surface area (Å²) in [6.07, 6.45) is 2.98. The molecule has 1 aromatic rings. The van der Waals surface area contributed by atoms with Crippen molar-refractivity contribution in [2.24, 2.45) is 11.8 Å². The summed E-state index contributed by atoms with van der Waals surface area (Å²) in [5, 5.41) is 9.93. The largest absolute Gasteiger partial charge is 0.458 e. The fourth-order valence-corrected chi connectivity index (χ4v) is 2.12. The highest BCUT2D eigenvalue weighted by Gasteiger charge is 2.29. The number of carbonyl (C=O) groups is 1. The van der Waals surface area contributed by atoms with E-state index in [1.807, 2.05) is 27.7 Å². The molecular weight excluding hydrogens is 242 g/mol. The van der Waals surface area contributed by atoms with Crippen LogP contribution in [0.2, 0.25) is 0 Å². The van der Waals surface area contributed by atoms with Gasteiger partial charge in [0.15, 0.2) is 0 Å². The highest BCUT2D eigenvalue weighted by Crippen LogP contribution is 2.22. The summed E-state index contributed by atoms with van der Waals surface area (Å²) in [6.45, 7) is 7.80. The Balaban J connectivity index is 2.77. The van der Waals surface area contributed by atoms with Crippen LogP contribution in [0.1, 0.15) is 44.5 Å². The Bertz CT molecular complexity index is 392. The van der Waals surface area contributed by atoms with Crippen LogP contribution in [0.4, 0.5) is 0 Å². The van der Waals surface area contributed by atoms with E-state index < -0.39 is 6.10 Å². The van der Waals surface area contributed by atoms with Gasteiger partial charge in [-0.05, 0) is 24.5 Å². The van der Waals surface area contributed by atoms with Gasteiger partial charge < -0.3 is 9.84 Å². The van der Waals surface area contributed by atoms with Crippen LogP contribution >= 0.6 is 0 Å². The van der Waals surface area contributed by atoms with Crippen LogP contribution < -0.4 is 0 Å². The van der Waals surface area contributed by atoms with E-state index >= 15 is 0 Å². The predicted molar refractivity (Wildman–Crippen MR) is 73.7 cm³/mol. The highest BCUT2D eigenvalue weighted by atomic mass is 16.5. The lowest BCUT2D eigenvalue weighted by atomic mass is 9.89. The molecule has 1 N–H and O–H groups in total. The van der Waals surface area contributed by atoms with Crippen LogP contribution in [0.25, 0.3) is 0 Å². The van der Waals surface area contributed by atoms with E-state index in [-0.39, 0.29) is 23.9 Å². The third-order valence-electron chi connectivity index (χ3n) is 3.34. The molecule has 19 heavy (non-hydrogen) atoms. The predicted octanol–water partition coefficient (Wildman–Crippen LogP) is 2.67. The molecule has 4 heteroatoms. The molecule has 0 aliphatic heterocycles. The van der Waals surface area contributed by atoms with Gasteiger partial charge in [0.25, 0.3) is 0 Å². The zero-order valence-electron chi connectivity index (χ0n) is 12.0. The van der Waals surface area contributed by atoms with Crippen molar-refractivity contribution in [1.29, 1.82) is 0 Å². The maximum absolute atomic E-state index is 12.0. The van der Waals surface area contributed by atoms with Gasteiger partial charge in [0.2, 0.25) is 0 Å². The molecule has 1 heterocycles. The number of ether oxygens (including phenoxy) is 1. The van der Waals surface area contributed by atoms with Gasteiger partial charge in [0, 0.05) is 18.3 Å². The maximum Gasteiger partial charge on any atom is 0.339 e. The van der Waals surface area contributed by atoms with Crippen LogP contribution in [0.15, 0.2) is 24.5 Å². The van der Waals surface area contributed by atoms with Crippen molar-refractivity contribution < 1.29 is 14.6 Å². The zero-order chi connectivity index (χ0) is 14.4. The summed E-state index contributed by atoms with van der Waals surface area (Å²) in [5.74, 6) is -0.329. The van der Waals surface area contributed by atoms with Gasteiger partial charge in [0.1, 0.15) is 6.10 Å². The molecule has 0 saturated carbocycles. The topological polar surface area (TPSA) is 59.4 Å². The average molecular weight is 265 g/mol. The molecule has 0 unspecified atom stereocenters. The molecule has 3 atom stereocenters. The highest BCUT2D eigenvalue weighted by molar-refractivity contribution is 5.89. The van der Waals surface area contributed by atoms with E-state index in [2.05, 4.69) is 4.98 Å². The first-order valence-corrected chi connectivity index (χ1v) is 6.76. The normalized spacial score (nSPS) is 15.9. The summed E-state index contributed by atoms with van der Waals surface area (Å²) in [6, 6.07) is 3.37. The summed E-state index contributed by atoms with van der Waals surface area (Å²) in [4.78, 5) is 15.9. The summed E-state index contributed by atoms with van der Waals surface area (Å²) in [5.41, 5.74) is 0.436. The molecule has 0 spiro atoms. The lowest BCUT2D eigenvalue weighted by Crippen LogP contribution is -2.36. The van der Waals surface area contributed by atoms with Crippen LogP contribution in [0.3, 0.4) is 0 Å². The number of aromatic nitrogens is 1. The third-order valence-corrected chi connectivity index (χ3v) is 3.34. The van der Waals surface area contributed by atoms with Crippen molar-refractivity contribution in [3.63, 3.8) is 0 Å². The second-order valence-electron chi connectivity index (χ2n) is 5.19. The number of aliphatic hydroxyl groups is 1. The minimum absolute atomic E-state index is 0.0920. The Hall–Kier alpha value is -1.42. The Morgan fingerprint density at radius 2 is 2.11 bits per heavy atom. The molecule has 4 nitrogen and oxygen atoms in total. The van der Waals surface area contributed by atoms with Gasteiger partial charge >= 0.3 is 5.97 Å². The first-order valence-electron chi connectivity index (χ1n) is 6.76. The number of nitrogens with zero attached hydrogens (tertiary/aromatic N) is 1. The van der Waals surface area contributed by atoms with Gasteiger partial charge in [-0.3, -0.25) is 4.98 Å². The molecule has 106 valence electrons. The van der Waals surface area contributed by atoms with E-state index in [0.717, 1.165) is 0 Å². The minimum atomic E-state index is -0.464. The monoisotopic (exact) mass is 265 g/mol. The number of rotatable bonds is 6. The molecule has 0 saturated heterocycles. The molecule has 1 rings (SSSR count). The molecule has 0 aliphatic carbocycles. The molecule has 0 aromatic carbocycles. The Kier molecular flexibility index (Phi) is 5.96.